The Labute approximate surface area is 78.7 Å². The standard InChI is InChI=1S/C12H14O/c1-2-9-3-5-10(6-4-9)12-7-11(12)8-13/h2-6,11-13H,1,7-8H2/t11-,12+/m1/s1. The summed E-state index contributed by atoms with van der Waals surface area (Å²) in [7, 11) is 0. The van der Waals surface area contributed by atoms with Crippen LogP contribution >= 0.6 is 0 Å². The molecule has 1 aliphatic rings. The summed E-state index contributed by atoms with van der Waals surface area (Å²) in [5.41, 5.74) is 2.51. The lowest BCUT2D eigenvalue weighted by Gasteiger charge is -1.99. The zero-order chi connectivity index (χ0) is 9.26. The van der Waals surface area contributed by atoms with Crippen molar-refractivity contribution in [2.45, 2.75) is 12.3 Å². The van der Waals surface area contributed by atoms with E-state index in [1.54, 1.807) is 0 Å². The van der Waals surface area contributed by atoms with Crippen LogP contribution < -0.4 is 0 Å². The average Bonchev–Trinajstić information content (AvgIpc) is 2.97. The van der Waals surface area contributed by atoms with Crippen molar-refractivity contribution >= 4 is 6.08 Å². The topological polar surface area (TPSA) is 20.2 Å². The number of rotatable bonds is 3. The van der Waals surface area contributed by atoms with Crippen molar-refractivity contribution in [1.82, 2.24) is 0 Å². The third-order valence-corrected chi connectivity index (χ3v) is 2.76. The summed E-state index contributed by atoms with van der Waals surface area (Å²) < 4.78 is 0. The normalized spacial score (nSPS) is 25.6. The fourth-order valence-corrected chi connectivity index (χ4v) is 1.74. The fraction of sp³-hybridized carbons (Fsp3) is 0.333. The summed E-state index contributed by atoms with van der Waals surface area (Å²) in [5, 5.41) is 8.92. The Balaban J connectivity index is 2.11. The quantitative estimate of drug-likeness (QED) is 0.746. The lowest BCUT2D eigenvalue weighted by atomic mass is 10.1. The van der Waals surface area contributed by atoms with E-state index in [2.05, 4.69) is 30.8 Å². The smallest absolute Gasteiger partial charge is 0.0465 e. The monoisotopic (exact) mass is 174 g/mol. The second-order valence-corrected chi connectivity index (χ2v) is 3.66. The number of aliphatic hydroxyl groups excluding tert-OH is 1. The van der Waals surface area contributed by atoms with E-state index in [1.165, 1.54) is 5.56 Å². The van der Waals surface area contributed by atoms with Crippen LogP contribution in [0, 0.1) is 5.92 Å². The molecule has 1 aliphatic carbocycles. The van der Waals surface area contributed by atoms with E-state index in [0.29, 0.717) is 18.4 Å². The summed E-state index contributed by atoms with van der Waals surface area (Å²) in [6.07, 6.45) is 2.99. The molecule has 1 nitrogen and oxygen atoms in total. The second kappa shape index (κ2) is 3.35. The van der Waals surface area contributed by atoms with E-state index in [0.717, 1.165) is 12.0 Å². The molecule has 2 atom stereocenters. The van der Waals surface area contributed by atoms with Crippen LogP contribution in [0.15, 0.2) is 30.8 Å². The van der Waals surface area contributed by atoms with Crippen LogP contribution in [0.1, 0.15) is 23.5 Å². The highest BCUT2D eigenvalue weighted by molar-refractivity contribution is 5.48. The van der Waals surface area contributed by atoms with E-state index in [9.17, 15) is 0 Å². The zero-order valence-corrected chi connectivity index (χ0v) is 7.61. The SMILES string of the molecule is C=Cc1ccc([C@@H]2C[C@@H]2CO)cc1. The summed E-state index contributed by atoms with van der Waals surface area (Å²) in [5.74, 6) is 1.11. The van der Waals surface area contributed by atoms with Crippen molar-refractivity contribution < 1.29 is 5.11 Å². The molecule has 1 aromatic carbocycles. The summed E-state index contributed by atoms with van der Waals surface area (Å²) >= 11 is 0. The Morgan fingerprint density at radius 1 is 1.38 bits per heavy atom. The largest absolute Gasteiger partial charge is 0.396 e. The molecular formula is C12H14O. The molecule has 0 saturated heterocycles. The molecule has 68 valence electrons. The summed E-state index contributed by atoms with van der Waals surface area (Å²) in [6, 6.07) is 8.43. The Kier molecular flexibility index (Phi) is 2.19. The maximum Gasteiger partial charge on any atom is 0.0465 e. The van der Waals surface area contributed by atoms with Crippen LogP contribution in [0.2, 0.25) is 0 Å². The highest BCUT2D eigenvalue weighted by atomic mass is 16.3. The molecule has 0 amide bonds. The highest BCUT2D eigenvalue weighted by Crippen LogP contribution is 2.46. The zero-order valence-electron chi connectivity index (χ0n) is 7.61. The van der Waals surface area contributed by atoms with E-state index < -0.39 is 0 Å². The van der Waals surface area contributed by atoms with Gasteiger partial charge in [0.1, 0.15) is 0 Å². The van der Waals surface area contributed by atoms with Crippen LogP contribution in [0.25, 0.3) is 6.08 Å². The van der Waals surface area contributed by atoms with E-state index in [1.807, 2.05) is 6.08 Å². The predicted octanol–water partition coefficient (Wildman–Crippen LogP) is 2.43. The van der Waals surface area contributed by atoms with Crippen molar-refractivity contribution in [2.75, 3.05) is 6.61 Å². The first-order valence-electron chi connectivity index (χ1n) is 4.68. The van der Waals surface area contributed by atoms with Gasteiger partial charge in [-0.2, -0.15) is 0 Å². The predicted molar refractivity (Wildman–Crippen MR) is 54.5 cm³/mol. The van der Waals surface area contributed by atoms with E-state index in [-0.39, 0.29) is 0 Å². The number of aliphatic hydroxyl groups is 1. The molecule has 1 heteroatoms. The van der Waals surface area contributed by atoms with Crippen LogP contribution in [0.3, 0.4) is 0 Å². The van der Waals surface area contributed by atoms with Gasteiger partial charge in [-0.05, 0) is 29.4 Å². The molecule has 0 spiro atoms. The third-order valence-electron chi connectivity index (χ3n) is 2.76. The number of hydrogen-bond acceptors (Lipinski definition) is 1. The van der Waals surface area contributed by atoms with Gasteiger partial charge in [-0.3, -0.25) is 0 Å². The van der Waals surface area contributed by atoms with Crippen LogP contribution in [0.4, 0.5) is 0 Å². The molecule has 0 aliphatic heterocycles. The molecule has 0 bridgehead atoms. The highest BCUT2D eigenvalue weighted by Gasteiger charge is 2.37. The van der Waals surface area contributed by atoms with Crippen molar-refractivity contribution in [3.05, 3.63) is 42.0 Å². The van der Waals surface area contributed by atoms with Gasteiger partial charge in [-0.1, -0.05) is 36.9 Å². The minimum atomic E-state index is 0.327. The van der Waals surface area contributed by atoms with Gasteiger partial charge in [0.25, 0.3) is 0 Å². The summed E-state index contributed by atoms with van der Waals surface area (Å²) in [6.45, 7) is 4.04. The van der Waals surface area contributed by atoms with Gasteiger partial charge >= 0.3 is 0 Å². The van der Waals surface area contributed by atoms with Gasteiger partial charge in [0.2, 0.25) is 0 Å². The van der Waals surface area contributed by atoms with Gasteiger partial charge in [0.05, 0.1) is 0 Å². The van der Waals surface area contributed by atoms with Crippen molar-refractivity contribution in [1.29, 1.82) is 0 Å². The van der Waals surface area contributed by atoms with Crippen molar-refractivity contribution in [2.24, 2.45) is 5.92 Å². The lowest BCUT2D eigenvalue weighted by Crippen LogP contribution is -1.88. The fourth-order valence-electron chi connectivity index (χ4n) is 1.74. The molecule has 2 rings (SSSR count). The Morgan fingerprint density at radius 3 is 2.54 bits per heavy atom. The minimum absolute atomic E-state index is 0.327. The van der Waals surface area contributed by atoms with Gasteiger partial charge < -0.3 is 5.11 Å². The molecule has 1 aromatic rings. The first-order chi connectivity index (χ1) is 6.35. The first kappa shape index (κ1) is 8.52. The maximum absolute atomic E-state index is 8.92. The van der Waals surface area contributed by atoms with Crippen LogP contribution in [-0.2, 0) is 0 Å². The first-order valence-corrected chi connectivity index (χ1v) is 4.68. The molecule has 0 radical (unpaired) electrons. The van der Waals surface area contributed by atoms with Crippen molar-refractivity contribution in [3.8, 4) is 0 Å². The molecule has 0 unspecified atom stereocenters. The third kappa shape index (κ3) is 1.65. The van der Waals surface area contributed by atoms with Crippen molar-refractivity contribution in [3.63, 3.8) is 0 Å². The molecule has 13 heavy (non-hydrogen) atoms. The van der Waals surface area contributed by atoms with E-state index in [4.69, 9.17) is 5.11 Å². The lowest BCUT2D eigenvalue weighted by molar-refractivity contribution is 0.274. The maximum atomic E-state index is 8.92. The number of hydrogen-bond donors (Lipinski definition) is 1. The van der Waals surface area contributed by atoms with Gasteiger partial charge in [-0.15, -0.1) is 0 Å². The molecular weight excluding hydrogens is 160 g/mol. The molecule has 1 N–H and O–H groups in total. The minimum Gasteiger partial charge on any atom is -0.396 e. The van der Waals surface area contributed by atoms with E-state index >= 15 is 0 Å². The Bertz CT molecular complexity index is 299. The average molecular weight is 174 g/mol. The molecule has 0 aromatic heterocycles. The Hall–Kier alpha value is -1.08. The number of benzene rings is 1. The van der Waals surface area contributed by atoms with Gasteiger partial charge in [-0.25, -0.2) is 0 Å². The molecule has 1 saturated carbocycles. The Morgan fingerprint density at radius 2 is 2.08 bits per heavy atom. The van der Waals surface area contributed by atoms with Gasteiger partial charge in [0, 0.05) is 6.61 Å². The van der Waals surface area contributed by atoms with Crippen LogP contribution in [0.5, 0.6) is 0 Å². The van der Waals surface area contributed by atoms with Crippen LogP contribution in [-0.4, -0.2) is 11.7 Å². The second-order valence-electron chi connectivity index (χ2n) is 3.66. The molecule has 1 fully saturated rings. The summed E-state index contributed by atoms with van der Waals surface area (Å²) in [4.78, 5) is 0. The molecule has 0 heterocycles. The van der Waals surface area contributed by atoms with Gasteiger partial charge in [0.15, 0.2) is 0 Å².